The standard InChI is InChI=1S/C10H18N4O/c1-3-10(2,7-11)9(15)12-4-8-5-13-14-6-8/h5-6H,3-4,7,11H2,1-2H3,(H,12,15)(H,13,14). The second kappa shape index (κ2) is 4.93. The summed E-state index contributed by atoms with van der Waals surface area (Å²) in [7, 11) is 0. The third-order valence-corrected chi connectivity index (χ3v) is 2.79. The summed E-state index contributed by atoms with van der Waals surface area (Å²) in [5.74, 6) is -0.00583. The molecule has 1 amide bonds. The molecule has 1 unspecified atom stereocenters. The van der Waals surface area contributed by atoms with Crippen molar-refractivity contribution in [1.82, 2.24) is 15.5 Å². The minimum Gasteiger partial charge on any atom is -0.351 e. The molecule has 84 valence electrons. The van der Waals surface area contributed by atoms with E-state index in [9.17, 15) is 4.79 Å². The summed E-state index contributed by atoms with van der Waals surface area (Å²) in [6.07, 6.45) is 4.18. The van der Waals surface area contributed by atoms with E-state index in [1.165, 1.54) is 0 Å². The first-order valence-corrected chi connectivity index (χ1v) is 5.08. The summed E-state index contributed by atoms with van der Waals surface area (Å²) >= 11 is 0. The molecular formula is C10H18N4O. The van der Waals surface area contributed by atoms with E-state index in [1.54, 1.807) is 12.4 Å². The summed E-state index contributed by atoms with van der Waals surface area (Å²) in [6, 6.07) is 0. The molecule has 1 heterocycles. The van der Waals surface area contributed by atoms with E-state index < -0.39 is 5.41 Å². The highest BCUT2D eigenvalue weighted by Crippen LogP contribution is 2.19. The van der Waals surface area contributed by atoms with Crippen molar-refractivity contribution in [3.05, 3.63) is 18.0 Å². The van der Waals surface area contributed by atoms with E-state index in [4.69, 9.17) is 5.73 Å². The number of aromatic nitrogens is 2. The number of rotatable bonds is 5. The Morgan fingerprint density at radius 3 is 2.93 bits per heavy atom. The lowest BCUT2D eigenvalue weighted by atomic mass is 9.86. The van der Waals surface area contributed by atoms with Gasteiger partial charge in [0.1, 0.15) is 0 Å². The topological polar surface area (TPSA) is 83.8 Å². The van der Waals surface area contributed by atoms with Gasteiger partial charge in [-0.05, 0) is 13.3 Å². The number of hydrogen-bond donors (Lipinski definition) is 3. The highest BCUT2D eigenvalue weighted by molar-refractivity contribution is 5.82. The molecule has 4 N–H and O–H groups in total. The van der Waals surface area contributed by atoms with Gasteiger partial charge in [0.15, 0.2) is 0 Å². The van der Waals surface area contributed by atoms with Crippen LogP contribution in [-0.2, 0) is 11.3 Å². The molecule has 0 aromatic carbocycles. The van der Waals surface area contributed by atoms with Crippen LogP contribution in [0.2, 0.25) is 0 Å². The Kier molecular flexibility index (Phi) is 3.85. The normalized spacial score (nSPS) is 14.6. The number of hydrogen-bond acceptors (Lipinski definition) is 3. The van der Waals surface area contributed by atoms with Gasteiger partial charge in [-0.3, -0.25) is 9.89 Å². The van der Waals surface area contributed by atoms with Crippen molar-refractivity contribution >= 4 is 5.91 Å². The molecule has 0 aliphatic carbocycles. The first-order valence-electron chi connectivity index (χ1n) is 5.08. The van der Waals surface area contributed by atoms with Crippen molar-refractivity contribution in [2.24, 2.45) is 11.1 Å². The summed E-state index contributed by atoms with van der Waals surface area (Å²) in [5, 5.41) is 9.34. The monoisotopic (exact) mass is 210 g/mol. The van der Waals surface area contributed by atoms with Gasteiger partial charge in [-0.2, -0.15) is 5.10 Å². The lowest BCUT2D eigenvalue weighted by Crippen LogP contribution is -2.43. The summed E-state index contributed by atoms with van der Waals surface area (Å²) in [4.78, 5) is 11.8. The Labute approximate surface area is 89.4 Å². The summed E-state index contributed by atoms with van der Waals surface area (Å²) in [5.41, 5.74) is 6.08. The lowest BCUT2D eigenvalue weighted by Gasteiger charge is -2.24. The second-order valence-corrected chi connectivity index (χ2v) is 3.91. The smallest absolute Gasteiger partial charge is 0.227 e. The van der Waals surface area contributed by atoms with Gasteiger partial charge in [0.25, 0.3) is 0 Å². The third-order valence-electron chi connectivity index (χ3n) is 2.79. The van der Waals surface area contributed by atoms with E-state index in [2.05, 4.69) is 15.5 Å². The number of H-pyrrole nitrogens is 1. The highest BCUT2D eigenvalue weighted by Gasteiger charge is 2.29. The van der Waals surface area contributed by atoms with Crippen LogP contribution in [0.5, 0.6) is 0 Å². The fraction of sp³-hybridized carbons (Fsp3) is 0.600. The predicted octanol–water partition coefficient (Wildman–Crippen LogP) is 0.401. The van der Waals surface area contributed by atoms with Gasteiger partial charge in [0.2, 0.25) is 5.91 Å². The molecule has 15 heavy (non-hydrogen) atoms. The number of amides is 1. The van der Waals surface area contributed by atoms with Crippen LogP contribution in [0.25, 0.3) is 0 Å². The van der Waals surface area contributed by atoms with E-state index in [0.29, 0.717) is 13.1 Å². The zero-order valence-electron chi connectivity index (χ0n) is 9.21. The predicted molar refractivity (Wildman–Crippen MR) is 57.9 cm³/mol. The molecule has 5 nitrogen and oxygen atoms in total. The molecule has 0 bridgehead atoms. The molecule has 5 heteroatoms. The Morgan fingerprint density at radius 1 is 1.73 bits per heavy atom. The zero-order chi connectivity index (χ0) is 11.3. The molecule has 0 fully saturated rings. The van der Waals surface area contributed by atoms with E-state index in [0.717, 1.165) is 12.0 Å². The molecular weight excluding hydrogens is 192 g/mol. The molecule has 0 saturated carbocycles. The molecule has 0 aliphatic heterocycles. The van der Waals surface area contributed by atoms with Gasteiger partial charge < -0.3 is 11.1 Å². The number of nitrogens with one attached hydrogen (secondary N) is 2. The number of carbonyl (C=O) groups excluding carboxylic acids is 1. The summed E-state index contributed by atoms with van der Waals surface area (Å²) in [6.45, 7) is 4.69. The first kappa shape index (κ1) is 11.7. The number of carbonyl (C=O) groups is 1. The molecule has 0 spiro atoms. The van der Waals surface area contributed by atoms with Crippen LogP contribution in [0.1, 0.15) is 25.8 Å². The zero-order valence-corrected chi connectivity index (χ0v) is 9.21. The van der Waals surface area contributed by atoms with Crippen LogP contribution >= 0.6 is 0 Å². The van der Waals surface area contributed by atoms with Crippen LogP contribution < -0.4 is 11.1 Å². The average molecular weight is 210 g/mol. The Morgan fingerprint density at radius 2 is 2.47 bits per heavy atom. The third kappa shape index (κ3) is 2.79. The van der Waals surface area contributed by atoms with Crippen LogP contribution in [0.4, 0.5) is 0 Å². The average Bonchev–Trinajstić information content (AvgIpc) is 2.77. The Balaban J connectivity index is 2.48. The van der Waals surface area contributed by atoms with Crippen LogP contribution in [0, 0.1) is 5.41 Å². The van der Waals surface area contributed by atoms with Gasteiger partial charge in [-0.1, -0.05) is 6.92 Å². The number of nitrogens with zero attached hydrogens (tertiary/aromatic N) is 1. The fourth-order valence-corrected chi connectivity index (χ4v) is 1.17. The van der Waals surface area contributed by atoms with Crippen LogP contribution in [-0.4, -0.2) is 22.6 Å². The van der Waals surface area contributed by atoms with Crippen LogP contribution in [0.15, 0.2) is 12.4 Å². The quantitative estimate of drug-likeness (QED) is 0.657. The molecule has 1 aromatic rings. The molecule has 1 aromatic heterocycles. The van der Waals surface area contributed by atoms with Gasteiger partial charge in [0.05, 0.1) is 11.6 Å². The van der Waals surface area contributed by atoms with Gasteiger partial charge in [0, 0.05) is 24.8 Å². The first-order chi connectivity index (χ1) is 7.12. The van der Waals surface area contributed by atoms with Crippen LogP contribution in [0.3, 0.4) is 0 Å². The van der Waals surface area contributed by atoms with Gasteiger partial charge >= 0.3 is 0 Å². The van der Waals surface area contributed by atoms with E-state index >= 15 is 0 Å². The van der Waals surface area contributed by atoms with E-state index in [1.807, 2.05) is 13.8 Å². The van der Waals surface area contributed by atoms with E-state index in [-0.39, 0.29) is 5.91 Å². The molecule has 1 atom stereocenters. The lowest BCUT2D eigenvalue weighted by molar-refractivity contribution is -0.130. The molecule has 0 saturated heterocycles. The van der Waals surface area contributed by atoms with Gasteiger partial charge in [-0.25, -0.2) is 0 Å². The van der Waals surface area contributed by atoms with Crippen molar-refractivity contribution in [3.63, 3.8) is 0 Å². The molecule has 0 aliphatic rings. The number of aromatic amines is 1. The number of nitrogens with two attached hydrogens (primary N) is 1. The maximum absolute atomic E-state index is 11.8. The van der Waals surface area contributed by atoms with Crippen molar-refractivity contribution in [2.45, 2.75) is 26.8 Å². The highest BCUT2D eigenvalue weighted by atomic mass is 16.2. The van der Waals surface area contributed by atoms with Crippen molar-refractivity contribution in [3.8, 4) is 0 Å². The molecule has 0 radical (unpaired) electrons. The maximum Gasteiger partial charge on any atom is 0.227 e. The minimum atomic E-state index is -0.469. The van der Waals surface area contributed by atoms with Crippen molar-refractivity contribution in [1.29, 1.82) is 0 Å². The Bertz CT molecular complexity index is 303. The second-order valence-electron chi connectivity index (χ2n) is 3.91. The molecule has 1 rings (SSSR count). The maximum atomic E-state index is 11.8. The minimum absolute atomic E-state index is 0.00583. The summed E-state index contributed by atoms with van der Waals surface area (Å²) < 4.78 is 0. The van der Waals surface area contributed by atoms with Gasteiger partial charge in [-0.15, -0.1) is 0 Å². The SMILES string of the molecule is CCC(C)(CN)C(=O)NCc1cn[nH]c1. The largest absolute Gasteiger partial charge is 0.351 e. The Hall–Kier alpha value is -1.36. The van der Waals surface area contributed by atoms with Crippen molar-refractivity contribution in [2.75, 3.05) is 6.54 Å². The fourth-order valence-electron chi connectivity index (χ4n) is 1.17. The van der Waals surface area contributed by atoms with Crippen molar-refractivity contribution < 1.29 is 4.79 Å².